The Morgan fingerprint density at radius 3 is 2.12 bits per heavy atom. The maximum atomic E-state index is 14.0. The predicted octanol–water partition coefficient (Wildman–Crippen LogP) is 8.71. The predicted molar refractivity (Wildman–Crippen MR) is 175 cm³/mol. The lowest BCUT2D eigenvalue weighted by Crippen LogP contribution is -2.66. The summed E-state index contributed by atoms with van der Waals surface area (Å²) in [4.78, 5) is 27.2. The molecule has 7 atom stereocenters. The van der Waals surface area contributed by atoms with Gasteiger partial charge in [-0.15, -0.1) is 6.58 Å². The van der Waals surface area contributed by atoms with E-state index in [-0.39, 0.29) is 29.3 Å². The summed E-state index contributed by atoms with van der Waals surface area (Å²) >= 11 is 0. The minimum absolute atomic E-state index is 0.0102. The Balaban J connectivity index is 2.02. The Morgan fingerprint density at radius 1 is 0.977 bits per heavy atom. The summed E-state index contributed by atoms with van der Waals surface area (Å²) in [5, 5.41) is -0.0102. The van der Waals surface area contributed by atoms with Gasteiger partial charge in [0, 0.05) is 17.3 Å². The number of hydrogen-bond acceptors (Lipinski definition) is 7. The first kappa shape index (κ1) is 34.4. The Bertz CT molecular complexity index is 1140. The molecule has 0 aromatic rings. The molecule has 0 N–H and O–H groups in total. The second kappa shape index (κ2) is 11.4. The van der Waals surface area contributed by atoms with E-state index >= 15 is 0 Å². The number of rotatable bonds is 10. The number of allylic oxidation sites excluding steroid dienone is 1. The van der Waals surface area contributed by atoms with Crippen molar-refractivity contribution in [2.45, 2.75) is 161 Å². The molecule has 3 fully saturated rings. The molecule has 4 rings (SSSR count). The van der Waals surface area contributed by atoms with Crippen LogP contribution < -0.4 is 0 Å². The van der Waals surface area contributed by atoms with Crippen LogP contribution in [0.3, 0.4) is 0 Å². The summed E-state index contributed by atoms with van der Waals surface area (Å²) in [5.41, 5.74) is -0.0738. The van der Waals surface area contributed by atoms with Crippen molar-refractivity contribution in [3.63, 3.8) is 0 Å². The van der Waals surface area contributed by atoms with Gasteiger partial charge in [-0.25, -0.2) is 4.79 Å². The first-order valence-corrected chi connectivity index (χ1v) is 22.0. The van der Waals surface area contributed by atoms with E-state index in [4.69, 9.17) is 23.1 Å². The van der Waals surface area contributed by atoms with Crippen LogP contribution in [-0.4, -0.2) is 58.8 Å². The van der Waals surface area contributed by atoms with Crippen LogP contribution in [0, 0.1) is 16.7 Å². The van der Waals surface area contributed by atoms with Crippen molar-refractivity contribution >= 4 is 28.8 Å². The van der Waals surface area contributed by atoms with Crippen molar-refractivity contribution in [1.29, 1.82) is 0 Å². The van der Waals surface area contributed by atoms with Gasteiger partial charge in [0.15, 0.2) is 28.3 Å². The Hall–Kier alpha value is -1.43. The van der Waals surface area contributed by atoms with Crippen LogP contribution in [-0.2, 0) is 27.9 Å². The summed E-state index contributed by atoms with van der Waals surface area (Å²) < 4.78 is 33.4. The van der Waals surface area contributed by atoms with Gasteiger partial charge >= 0.3 is 12.1 Å². The molecular formula is C34H58O7Si2. The topological polar surface area (TPSA) is 80.3 Å². The van der Waals surface area contributed by atoms with Gasteiger partial charge in [-0.3, -0.25) is 4.79 Å². The molecule has 2 heterocycles. The number of fused-ring (bicyclic) bond motifs is 3. The molecule has 0 aromatic carbocycles. The van der Waals surface area contributed by atoms with E-state index in [2.05, 4.69) is 88.9 Å². The van der Waals surface area contributed by atoms with Crippen LogP contribution in [0.15, 0.2) is 23.8 Å². The number of ether oxygens (including phenoxy) is 3. The van der Waals surface area contributed by atoms with Crippen molar-refractivity contribution in [3.8, 4) is 0 Å². The van der Waals surface area contributed by atoms with Gasteiger partial charge in [-0.2, -0.15) is 0 Å². The number of carbonyl (C=O) groups is 2. The maximum absolute atomic E-state index is 14.0. The van der Waals surface area contributed by atoms with E-state index in [1.165, 1.54) is 5.57 Å². The van der Waals surface area contributed by atoms with Gasteiger partial charge in [0.05, 0.1) is 12.2 Å². The molecule has 2 saturated heterocycles. The molecule has 7 nitrogen and oxygen atoms in total. The third-order valence-electron chi connectivity index (χ3n) is 12.5. The van der Waals surface area contributed by atoms with Crippen molar-refractivity contribution in [2.24, 2.45) is 16.7 Å². The fraction of sp³-hybridized carbons (Fsp3) is 0.824. The molecule has 0 amide bonds. The van der Waals surface area contributed by atoms with Gasteiger partial charge in [0.25, 0.3) is 0 Å². The molecule has 0 aromatic heterocycles. The van der Waals surface area contributed by atoms with Gasteiger partial charge in [0.1, 0.15) is 12.0 Å². The van der Waals surface area contributed by atoms with Crippen LogP contribution in [0.4, 0.5) is 4.79 Å². The highest BCUT2D eigenvalue weighted by Crippen LogP contribution is 2.64. The Labute approximate surface area is 262 Å². The quantitative estimate of drug-likeness (QED) is 0.135. The second-order valence-electron chi connectivity index (χ2n) is 15.9. The molecule has 43 heavy (non-hydrogen) atoms. The molecule has 1 saturated carbocycles. The molecule has 244 valence electrons. The summed E-state index contributed by atoms with van der Waals surface area (Å²) in [7, 11) is -4.37. The minimum Gasteiger partial charge on any atom is -0.461 e. The van der Waals surface area contributed by atoms with E-state index in [0.29, 0.717) is 19.3 Å². The van der Waals surface area contributed by atoms with Crippen molar-refractivity contribution in [3.05, 3.63) is 23.8 Å². The molecule has 2 aliphatic heterocycles. The number of esters is 1. The Morgan fingerprint density at radius 2 is 1.58 bits per heavy atom. The van der Waals surface area contributed by atoms with Crippen LogP contribution in [0.5, 0.6) is 0 Å². The highest BCUT2D eigenvalue weighted by molar-refractivity contribution is 6.74. The van der Waals surface area contributed by atoms with Gasteiger partial charge in [0.2, 0.25) is 0 Å². The average molecular weight is 635 g/mol. The fourth-order valence-electron chi connectivity index (χ4n) is 8.41. The van der Waals surface area contributed by atoms with Crippen LogP contribution in [0.2, 0.25) is 36.3 Å². The lowest BCUT2D eigenvalue weighted by atomic mass is 9.51. The zero-order valence-electron chi connectivity index (χ0n) is 29.0. The Kier molecular flexibility index (Phi) is 9.15. The molecule has 2 aliphatic carbocycles. The van der Waals surface area contributed by atoms with Gasteiger partial charge in [-0.05, 0) is 73.6 Å². The van der Waals surface area contributed by atoms with E-state index in [9.17, 15) is 9.59 Å². The van der Waals surface area contributed by atoms with Crippen LogP contribution >= 0.6 is 0 Å². The molecule has 0 unspecified atom stereocenters. The molecule has 9 heteroatoms. The third kappa shape index (κ3) is 5.32. The summed E-state index contributed by atoms with van der Waals surface area (Å²) in [5.74, 6) is -0.982. The summed E-state index contributed by atoms with van der Waals surface area (Å²) in [6.45, 7) is 30.6. The first-order valence-electron chi connectivity index (χ1n) is 16.6. The molecule has 0 radical (unpaired) electrons. The SMILES string of the molecule is C=CCC[C@@H]1OC(=O)[C@H]2[C@@H]3OC(=O)O[C@]34C[C@H](O[Si](C)(C)C(C)(C)C)C(C)=C([C@H](O[Si](CC)(CC)CC)C[C@]12C)C4(C)C. The molecule has 2 bridgehead atoms. The van der Waals surface area contributed by atoms with Crippen molar-refractivity contribution < 1.29 is 32.7 Å². The number of hydrogen-bond donors (Lipinski definition) is 0. The largest absolute Gasteiger partial charge is 0.509 e. The fourth-order valence-corrected chi connectivity index (χ4v) is 12.5. The standard InChI is InChI=1S/C34H58O7Si2/c1-14-18-19-25-33(11)20-24(41-43(15-2,16-3)17-4)26-22(5)23(40-42(12,13)31(6,7)8)21-34(32(26,9)10)28(38-30(36)39-34)27(33)29(35)37-25/h14,23-25,27-28H,1,15-21H2,2-13H3/t23-,24+,25-,27+,28-,33+,34+/m0/s1. The third-order valence-corrected chi connectivity index (χ3v) is 21.6. The molecule has 4 aliphatic rings. The smallest absolute Gasteiger partial charge is 0.461 e. The highest BCUT2D eigenvalue weighted by Gasteiger charge is 2.74. The zero-order chi connectivity index (χ0) is 32.4. The highest BCUT2D eigenvalue weighted by atomic mass is 28.4. The summed E-state index contributed by atoms with van der Waals surface area (Å²) in [6, 6.07) is 3.03. The molecule has 1 spiro atoms. The lowest BCUT2D eigenvalue weighted by Gasteiger charge is -2.58. The average Bonchev–Trinajstić information content (AvgIpc) is 3.35. The number of carbonyl (C=O) groups excluding carboxylic acids is 2. The van der Waals surface area contributed by atoms with Crippen molar-refractivity contribution in [1.82, 2.24) is 0 Å². The minimum atomic E-state index is -2.24. The van der Waals surface area contributed by atoms with Crippen LogP contribution in [0.1, 0.15) is 94.9 Å². The van der Waals surface area contributed by atoms with E-state index in [1.54, 1.807) is 0 Å². The first-order chi connectivity index (χ1) is 19.8. The van der Waals surface area contributed by atoms with E-state index in [0.717, 1.165) is 30.1 Å². The van der Waals surface area contributed by atoms with E-state index in [1.807, 2.05) is 6.08 Å². The second-order valence-corrected chi connectivity index (χ2v) is 25.4. The summed E-state index contributed by atoms with van der Waals surface area (Å²) in [6.07, 6.45) is 1.90. The van der Waals surface area contributed by atoms with Crippen molar-refractivity contribution in [2.75, 3.05) is 0 Å². The maximum Gasteiger partial charge on any atom is 0.509 e. The normalized spacial score (nSPS) is 35.8. The lowest BCUT2D eigenvalue weighted by molar-refractivity contribution is -0.156. The molecular weight excluding hydrogens is 577 g/mol. The monoisotopic (exact) mass is 634 g/mol. The van der Waals surface area contributed by atoms with E-state index < -0.39 is 51.2 Å². The number of cyclic esters (lactones) is 1. The zero-order valence-corrected chi connectivity index (χ0v) is 31.0. The van der Waals surface area contributed by atoms with Gasteiger partial charge in [-0.1, -0.05) is 68.4 Å². The van der Waals surface area contributed by atoms with Crippen LogP contribution in [0.25, 0.3) is 0 Å². The van der Waals surface area contributed by atoms with Gasteiger partial charge < -0.3 is 23.1 Å².